The van der Waals surface area contributed by atoms with E-state index in [0.717, 1.165) is 0 Å². The summed E-state index contributed by atoms with van der Waals surface area (Å²) in [5, 5.41) is 26.0. The minimum atomic E-state index is -1.25. The number of nitrogens with zero attached hydrogens (tertiary/aromatic N) is 1. The minimum Gasteiger partial charge on any atom is -0.481 e. The summed E-state index contributed by atoms with van der Waals surface area (Å²) in [4.78, 5) is 67.6. The molecule has 1 rings (SSSR count). The number of nitrogens with one attached hydrogen (secondary N) is 4. The van der Waals surface area contributed by atoms with Crippen molar-refractivity contribution in [2.75, 3.05) is 0 Å². The Morgan fingerprint density at radius 1 is 0.889 bits per heavy atom. The van der Waals surface area contributed by atoms with Crippen molar-refractivity contribution >= 4 is 29.7 Å². The summed E-state index contributed by atoms with van der Waals surface area (Å²) < 4.78 is 0. The lowest BCUT2D eigenvalue weighted by Crippen LogP contribution is -2.57. The molecule has 1 aromatic heterocycles. The highest BCUT2D eigenvalue weighted by molar-refractivity contribution is 5.94. The Kier molecular flexibility index (Phi) is 12.6. The molecular formula is C23H38N6O7. The zero-order valence-electron chi connectivity index (χ0n) is 21.1. The van der Waals surface area contributed by atoms with Crippen LogP contribution in [0.2, 0.25) is 0 Å². The van der Waals surface area contributed by atoms with E-state index in [1.165, 1.54) is 12.5 Å². The van der Waals surface area contributed by atoms with Crippen molar-refractivity contribution < 1.29 is 34.2 Å². The molecule has 1 heterocycles. The monoisotopic (exact) mass is 510 g/mol. The Morgan fingerprint density at radius 2 is 1.39 bits per heavy atom. The lowest BCUT2D eigenvalue weighted by atomic mass is 9.99. The highest BCUT2D eigenvalue weighted by Crippen LogP contribution is 2.10. The van der Waals surface area contributed by atoms with Gasteiger partial charge in [0.1, 0.15) is 18.1 Å². The maximum atomic E-state index is 13.1. The van der Waals surface area contributed by atoms with E-state index >= 15 is 0 Å². The van der Waals surface area contributed by atoms with Gasteiger partial charge in [-0.25, -0.2) is 9.78 Å². The van der Waals surface area contributed by atoms with E-state index in [1.807, 2.05) is 27.7 Å². The van der Waals surface area contributed by atoms with E-state index in [4.69, 9.17) is 10.8 Å². The topological polar surface area (TPSA) is 217 Å². The lowest BCUT2D eigenvalue weighted by molar-refractivity contribution is -0.142. The number of rotatable bonds is 16. The normalized spacial score (nSPS) is 14.5. The fourth-order valence-electron chi connectivity index (χ4n) is 3.46. The minimum absolute atomic E-state index is 0.000495. The first-order valence-electron chi connectivity index (χ1n) is 11.9. The molecule has 13 nitrogen and oxygen atoms in total. The number of imidazole rings is 1. The molecule has 4 unspecified atom stereocenters. The molecule has 0 radical (unpaired) electrons. The van der Waals surface area contributed by atoms with Crippen LogP contribution >= 0.6 is 0 Å². The third-order valence-electron chi connectivity index (χ3n) is 5.28. The Bertz CT molecular complexity index is 888. The van der Waals surface area contributed by atoms with Crippen LogP contribution in [0.3, 0.4) is 0 Å². The number of carboxylic acid groups (broad SMARTS) is 2. The standard InChI is InChI=1S/C23H38N6O7/c1-12(2)7-16(27-20(32)15(24)5-6-19(30)31)21(33)28-17(8-13(3)4)22(34)29-18(23(35)36)9-14-10-25-11-26-14/h10-13,15-18H,5-9,24H2,1-4H3,(H,25,26)(H,27,32)(H,28,33)(H,29,34)(H,30,31)(H,35,36). The summed E-state index contributed by atoms with van der Waals surface area (Å²) in [6.45, 7) is 7.39. The summed E-state index contributed by atoms with van der Waals surface area (Å²) >= 11 is 0. The first-order chi connectivity index (χ1) is 16.8. The molecule has 0 aromatic carbocycles. The van der Waals surface area contributed by atoms with Gasteiger partial charge in [0.25, 0.3) is 0 Å². The van der Waals surface area contributed by atoms with Crippen molar-refractivity contribution in [1.29, 1.82) is 0 Å². The fourth-order valence-corrected chi connectivity index (χ4v) is 3.46. The van der Waals surface area contributed by atoms with E-state index in [-0.39, 0.29) is 43.9 Å². The third-order valence-corrected chi connectivity index (χ3v) is 5.28. The van der Waals surface area contributed by atoms with Gasteiger partial charge in [0.15, 0.2) is 0 Å². The number of carbonyl (C=O) groups excluding carboxylic acids is 3. The van der Waals surface area contributed by atoms with Crippen LogP contribution in [0, 0.1) is 11.8 Å². The van der Waals surface area contributed by atoms with E-state index in [9.17, 15) is 29.1 Å². The Balaban J connectivity index is 2.96. The number of H-pyrrole nitrogens is 1. The molecule has 36 heavy (non-hydrogen) atoms. The summed E-state index contributed by atoms with van der Waals surface area (Å²) in [6, 6.07) is -4.43. The van der Waals surface area contributed by atoms with E-state index in [0.29, 0.717) is 5.69 Å². The molecule has 0 aliphatic heterocycles. The number of aliphatic carboxylic acids is 2. The number of carbonyl (C=O) groups is 5. The fraction of sp³-hybridized carbons (Fsp3) is 0.652. The number of aromatic nitrogens is 2. The quantitative estimate of drug-likeness (QED) is 0.156. The third kappa shape index (κ3) is 11.3. The second-order valence-corrected chi connectivity index (χ2v) is 9.60. The summed E-state index contributed by atoms with van der Waals surface area (Å²) in [7, 11) is 0. The second kappa shape index (κ2) is 14.8. The molecule has 3 amide bonds. The van der Waals surface area contributed by atoms with Gasteiger partial charge in [-0.15, -0.1) is 0 Å². The van der Waals surface area contributed by atoms with Crippen molar-refractivity contribution in [3.8, 4) is 0 Å². The van der Waals surface area contributed by atoms with Gasteiger partial charge in [-0.2, -0.15) is 0 Å². The highest BCUT2D eigenvalue weighted by atomic mass is 16.4. The Labute approximate surface area is 210 Å². The highest BCUT2D eigenvalue weighted by Gasteiger charge is 2.31. The molecule has 0 aliphatic rings. The van der Waals surface area contributed by atoms with Crippen molar-refractivity contribution in [2.24, 2.45) is 17.6 Å². The van der Waals surface area contributed by atoms with Crippen LogP contribution in [0.4, 0.5) is 0 Å². The molecule has 4 atom stereocenters. The SMILES string of the molecule is CC(C)CC(NC(=O)C(N)CCC(=O)O)C(=O)NC(CC(C)C)C(=O)NC(Cc1cnc[nH]1)C(=O)O. The van der Waals surface area contributed by atoms with E-state index < -0.39 is 53.8 Å². The number of aromatic amines is 1. The Morgan fingerprint density at radius 3 is 1.81 bits per heavy atom. The zero-order chi connectivity index (χ0) is 27.4. The maximum Gasteiger partial charge on any atom is 0.326 e. The molecule has 0 saturated heterocycles. The smallest absolute Gasteiger partial charge is 0.326 e. The predicted molar refractivity (Wildman–Crippen MR) is 129 cm³/mol. The average Bonchev–Trinajstić information content (AvgIpc) is 3.28. The zero-order valence-corrected chi connectivity index (χ0v) is 21.1. The van der Waals surface area contributed by atoms with Gasteiger partial charge < -0.3 is 36.9 Å². The molecule has 202 valence electrons. The Hall–Kier alpha value is -3.48. The number of hydrogen-bond donors (Lipinski definition) is 7. The molecule has 1 aromatic rings. The van der Waals surface area contributed by atoms with Crippen molar-refractivity contribution in [3.63, 3.8) is 0 Å². The van der Waals surface area contributed by atoms with Gasteiger partial charge in [-0.3, -0.25) is 19.2 Å². The number of nitrogens with two attached hydrogens (primary N) is 1. The van der Waals surface area contributed by atoms with Gasteiger partial charge in [-0.1, -0.05) is 27.7 Å². The van der Waals surface area contributed by atoms with Gasteiger partial charge in [0, 0.05) is 24.7 Å². The van der Waals surface area contributed by atoms with Crippen molar-refractivity contribution in [1.82, 2.24) is 25.9 Å². The molecular weight excluding hydrogens is 472 g/mol. The maximum absolute atomic E-state index is 13.1. The first-order valence-corrected chi connectivity index (χ1v) is 11.9. The molecule has 13 heteroatoms. The van der Waals surface area contributed by atoms with Gasteiger partial charge in [0.05, 0.1) is 12.4 Å². The van der Waals surface area contributed by atoms with Crippen LogP contribution in [0.25, 0.3) is 0 Å². The van der Waals surface area contributed by atoms with Crippen molar-refractivity contribution in [2.45, 2.75) is 84.0 Å². The van der Waals surface area contributed by atoms with E-state index in [2.05, 4.69) is 25.9 Å². The van der Waals surface area contributed by atoms with Crippen LogP contribution < -0.4 is 21.7 Å². The van der Waals surface area contributed by atoms with E-state index in [1.54, 1.807) is 0 Å². The number of amides is 3. The molecule has 0 saturated carbocycles. The van der Waals surface area contributed by atoms with Crippen molar-refractivity contribution in [3.05, 3.63) is 18.2 Å². The first kappa shape index (κ1) is 30.6. The number of hydrogen-bond acceptors (Lipinski definition) is 7. The lowest BCUT2D eigenvalue weighted by Gasteiger charge is -2.26. The van der Waals surface area contributed by atoms with Crippen LogP contribution in [0.5, 0.6) is 0 Å². The van der Waals surface area contributed by atoms with Crippen LogP contribution in [-0.4, -0.2) is 74.0 Å². The predicted octanol–water partition coefficient (Wildman–Crippen LogP) is -0.224. The summed E-state index contributed by atoms with van der Waals surface area (Å²) in [5.74, 6) is -4.32. The molecule has 8 N–H and O–H groups in total. The van der Waals surface area contributed by atoms with Gasteiger partial charge in [-0.05, 0) is 31.1 Å². The second-order valence-electron chi connectivity index (χ2n) is 9.60. The molecule has 0 spiro atoms. The van der Waals surface area contributed by atoms with Gasteiger partial charge >= 0.3 is 11.9 Å². The van der Waals surface area contributed by atoms with Gasteiger partial charge in [0.2, 0.25) is 17.7 Å². The largest absolute Gasteiger partial charge is 0.481 e. The van der Waals surface area contributed by atoms with Crippen LogP contribution in [0.15, 0.2) is 12.5 Å². The summed E-state index contributed by atoms with van der Waals surface area (Å²) in [5.41, 5.74) is 6.28. The summed E-state index contributed by atoms with van der Waals surface area (Å²) in [6.07, 6.45) is 2.91. The number of carboxylic acids is 2. The molecule has 0 bridgehead atoms. The van der Waals surface area contributed by atoms with Crippen LogP contribution in [0.1, 0.15) is 59.1 Å². The molecule has 0 aliphatic carbocycles. The van der Waals surface area contributed by atoms with Crippen LogP contribution in [-0.2, 0) is 30.4 Å². The average molecular weight is 511 g/mol. The molecule has 0 fully saturated rings.